The molecule has 2 aromatic rings. The lowest BCUT2D eigenvalue weighted by molar-refractivity contribution is -0.128. The van der Waals surface area contributed by atoms with Gasteiger partial charge in [-0.05, 0) is 26.0 Å². The fourth-order valence-electron chi connectivity index (χ4n) is 1.78. The quantitative estimate of drug-likeness (QED) is 0.811. The number of hydrogen-bond donors (Lipinski definition) is 1. The van der Waals surface area contributed by atoms with E-state index in [0.29, 0.717) is 13.0 Å². The minimum Gasteiger partial charge on any atom is -0.355 e. The number of hydrogen-bond acceptors (Lipinski definition) is 3. The Kier molecular flexibility index (Phi) is 5.53. The maximum atomic E-state index is 13.2. The van der Waals surface area contributed by atoms with Gasteiger partial charge in [0.25, 0.3) is 0 Å². The van der Waals surface area contributed by atoms with Crippen molar-refractivity contribution in [2.45, 2.75) is 20.3 Å². The number of benzene rings is 1. The van der Waals surface area contributed by atoms with E-state index in [-0.39, 0.29) is 17.6 Å². The van der Waals surface area contributed by atoms with E-state index in [4.69, 9.17) is 11.6 Å². The van der Waals surface area contributed by atoms with Crippen molar-refractivity contribution in [3.63, 3.8) is 0 Å². The molecule has 1 aromatic heterocycles. The van der Waals surface area contributed by atoms with Crippen LogP contribution in [0.1, 0.15) is 19.5 Å². The number of rotatable bonds is 6. The van der Waals surface area contributed by atoms with Crippen LogP contribution in [0, 0.1) is 11.2 Å². The van der Waals surface area contributed by atoms with Crippen LogP contribution in [0.5, 0.6) is 0 Å². The number of aromatic nitrogens is 1. The predicted octanol–water partition coefficient (Wildman–Crippen LogP) is 3.87. The third-order valence-corrected chi connectivity index (χ3v) is 4.85. The van der Waals surface area contributed by atoms with E-state index in [1.165, 1.54) is 23.5 Å². The zero-order valence-corrected chi connectivity index (χ0v) is 14.1. The van der Waals surface area contributed by atoms with Crippen LogP contribution < -0.4 is 5.32 Å². The van der Waals surface area contributed by atoms with Crippen LogP contribution in [0.15, 0.2) is 29.6 Å². The molecule has 0 aliphatic carbocycles. The maximum absolute atomic E-state index is 13.2. The fourth-order valence-corrected chi connectivity index (χ4v) is 2.75. The number of thiazole rings is 1. The lowest BCUT2D eigenvalue weighted by Gasteiger charge is -2.20. The van der Waals surface area contributed by atoms with Crippen LogP contribution >= 0.6 is 22.9 Å². The first-order chi connectivity index (χ1) is 10.4. The highest BCUT2D eigenvalue weighted by molar-refractivity contribution is 7.13. The molecule has 0 radical (unpaired) electrons. The Bertz CT molecular complexity index is 657. The van der Waals surface area contributed by atoms with E-state index in [0.717, 1.165) is 16.3 Å². The molecule has 0 saturated carbocycles. The van der Waals surface area contributed by atoms with Gasteiger partial charge in [-0.25, -0.2) is 9.37 Å². The van der Waals surface area contributed by atoms with Crippen LogP contribution in [-0.4, -0.2) is 23.3 Å². The van der Waals surface area contributed by atoms with Crippen LogP contribution in [0.4, 0.5) is 4.39 Å². The first-order valence-electron chi connectivity index (χ1n) is 6.97. The van der Waals surface area contributed by atoms with Crippen LogP contribution in [0.3, 0.4) is 0 Å². The molecule has 22 heavy (non-hydrogen) atoms. The summed E-state index contributed by atoms with van der Waals surface area (Å²) in [6.07, 6.45) is 0.635. The summed E-state index contributed by atoms with van der Waals surface area (Å²) in [5, 5.41) is 5.57. The highest BCUT2D eigenvalue weighted by Gasteiger charge is 2.25. The fraction of sp³-hybridized carbons (Fsp3) is 0.375. The number of nitrogens with one attached hydrogen (secondary N) is 1. The van der Waals surface area contributed by atoms with Crippen LogP contribution in [-0.2, 0) is 11.2 Å². The lowest BCUT2D eigenvalue weighted by atomic mass is 9.95. The molecule has 1 aromatic carbocycles. The minimum atomic E-state index is -0.573. The smallest absolute Gasteiger partial charge is 0.226 e. The van der Waals surface area contributed by atoms with Gasteiger partial charge < -0.3 is 5.32 Å². The summed E-state index contributed by atoms with van der Waals surface area (Å²) in [6, 6.07) is 6.37. The van der Waals surface area contributed by atoms with Gasteiger partial charge in [0.05, 0.1) is 11.1 Å². The first kappa shape index (κ1) is 16.9. The Morgan fingerprint density at radius 1 is 1.45 bits per heavy atom. The van der Waals surface area contributed by atoms with Crippen molar-refractivity contribution < 1.29 is 9.18 Å². The van der Waals surface area contributed by atoms with Crippen molar-refractivity contribution in [3.05, 3.63) is 41.2 Å². The monoisotopic (exact) mass is 340 g/mol. The topological polar surface area (TPSA) is 42.0 Å². The molecule has 0 bridgehead atoms. The molecule has 1 amide bonds. The van der Waals surface area contributed by atoms with E-state index in [9.17, 15) is 9.18 Å². The second-order valence-corrected chi connectivity index (χ2v) is 6.80. The molecule has 2 rings (SSSR count). The maximum Gasteiger partial charge on any atom is 0.226 e. The average Bonchev–Trinajstić information content (AvgIpc) is 2.96. The number of alkyl halides is 1. The van der Waals surface area contributed by atoms with Gasteiger partial charge in [-0.1, -0.05) is 12.1 Å². The van der Waals surface area contributed by atoms with Gasteiger partial charge >= 0.3 is 0 Å². The Labute approximate surface area is 138 Å². The van der Waals surface area contributed by atoms with E-state index < -0.39 is 5.41 Å². The van der Waals surface area contributed by atoms with Crippen LogP contribution in [0.2, 0.25) is 0 Å². The summed E-state index contributed by atoms with van der Waals surface area (Å²) in [7, 11) is 0. The third kappa shape index (κ3) is 4.27. The van der Waals surface area contributed by atoms with Crippen molar-refractivity contribution in [1.82, 2.24) is 10.3 Å². The number of carbonyl (C=O) groups excluding carboxylic acids is 1. The Morgan fingerprint density at radius 2 is 2.23 bits per heavy atom. The van der Waals surface area contributed by atoms with Gasteiger partial charge in [-0.15, -0.1) is 22.9 Å². The summed E-state index contributed by atoms with van der Waals surface area (Å²) < 4.78 is 13.2. The second kappa shape index (κ2) is 7.20. The molecule has 0 aliphatic rings. The second-order valence-electron chi connectivity index (χ2n) is 5.68. The van der Waals surface area contributed by atoms with E-state index in [2.05, 4.69) is 10.3 Å². The van der Waals surface area contributed by atoms with Crippen molar-refractivity contribution in [3.8, 4) is 10.6 Å². The molecule has 0 spiro atoms. The molecule has 0 fully saturated rings. The molecule has 6 heteroatoms. The van der Waals surface area contributed by atoms with Gasteiger partial charge in [0, 0.05) is 29.8 Å². The van der Waals surface area contributed by atoms with Gasteiger partial charge in [0.15, 0.2) is 0 Å². The first-order valence-corrected chi connectivity index (χ1v) is 8.38. The van der Waals surface area contributed by atoms with E-state index in [1.54, 1.807) is 19.9 Å². The van der Waals surface area contributed by atoms with E-state index >= 15 is 0 Å². The summed E-state index contributed by atoms with van der Waals surface area (Å²) in [5.41, 5.74) is 1.08. The Morgan fingerprint density at radius 3 is 2.91 bits per heavy atom. The summed E-state index contributed by atoms with van der Waals surface area (Å²) in [6.45, 7) is 4.12. The highest BCUT2D eigenvalue weighted by atomic mass is 35.5. The lowest BCUT2D eigenvalue weighted by Crippen LogP contribution is -2.39. The van der Waals surface area contributed by atoms with Crippen LogP contribution in [0.25, 0.3) is 10.6 Å². The molecule has 0 atom stereocenters. The number of nitrogens with zero attached hydrogens (tertiary/aromatic N) is 1. The third-order valence-electron chi connectivity index (χ3n) is 3.24. The van der Waals surface area contributed by atoms with Gasteiger partial charge in [0.1, 0.15) is 10.8 Å². The van der Waals surface area contributed by atoms with Crippen molar-refractivity contribution in [2.24, 2.45) is 5.41 Å². The largest absolute Gasteiger partial charge is 0.355 e. The van der Waals surface area contributed by atoms with Gasteiger partial charge in [-0.2, -0.15) is 0 Å². The Hall–Kier alpha value is -1.46. The summed E-state index contributed by atoms with van der Waals surface area (Å²) >= 11 is 7.23. The normalized spacial score (nSPS) is 11.5. The van der Waals surface area contributed by atoms with Crippen molar-refractivity contribution >= 4 is 28.8 Å². The van der Waals surface area contributed by atoms with Gasteiger partial charge in [0.2, 0.25) is 5.91 Å². The number of carbonyl (C=O) groups is 1. The molecule has 1 heterocycles. The van der Waals surface area contributed by atoms with Crippen molar-refractivity contribution in [2.75, 3.05) is 12.4 Å². The molecular weight excluding hydrogens is 323 g/mol. The summed E-state index contributed by atoms with van der Waals surface area (Å²) in [4.78, 5) is 16.4. The zero-order valence-electron chi connectivity index (χ0n) is 12.5. The van der Waals surface area contributed by atoms with E-state index in [1.807, 2.05) is 11.4 Å². The van der Waals surface area contributed by atoms with Crippen molar-refractivity contribution in [1.29, 1.82) is 0 Å². The number of halogens is 2. The van der Waals surface area contributed by atoms with Gasteiger partial charge in [-0.3, -0.25) is 4.79 Å². The molecule has 118 valence electrons. The Balaban J connectivity index is 1.92. The molecular formula is C16H18ClFN2OS. The summed E-state index contributed by atoms with van der Waals surface area (Å²) in [5.74, 6) is -0.0629. The SMILES string of the molecule is CC(C)(CCl)C(=O)NCCc1csc(-c2cccc(F)c2)n1. The molecule has 0 aliphatic heterocycles. The molecule has 1 N–H and O–H groups in total. The minimum absolute atomic E-state index is 0.0666. The molecule has 3 nitrogen and oxygen atoms in total. The highest BCUT2D eigenvalue weighted by Crippen LogP contribution is 2.24. The molecule has 0 unspecified atom stereocenters. The average molecular weight is 341 g/mol. The predicted molar refractivity (Wildman–Crippen MR) is 88.7 cm³/mol. The molecule has 0 saturated heterocycles. The standard InChI is InChI=1S/C16H18ClFN2OS/c1-16(2,10-17)15(21)19-7-6-13-9-22-14(20-13)11-4-3-5-12(18)8-11/h3-5,8-9H,6-7,10H2,1-2H3,(H,19,21). The zero-order chi connectivity index (χ0) is 16.2. The number of amides is 1.